The number of hydrogen-bond donors (Lipinski definition) is 0. The summed E-state index contributed by atoms with van der Waals surface area (Å²) < 4.78 is 0. The zero-order chi connectivity index (χ0) is 15.4. The summed E-state index contributed by atoms with van der Waals surface area (Å²) in [4.78, 5) is 0. The first kappa shape index (κ1) is 21.0. The fraction of sp³-hybridized carbons (Fsp3) is 1.00. The molecule has 0 aliphatic heterocycles. The van der Waals surface area contributed by atoms with E-state index in [1.807, 2.05) is 0 Å². The molecule has 0 rings (SSSR count). The van der Waals surface area contributed by atoms with Crippen LogP contribution in [0.3, 0.4) is 0 Å². The van der Waals surface area contributed by atoms with Gasteiger partial charge in [0.25, 0.3) is 0 Å². The Bertz CT molecular complexity index is 143. The van der Waals surface area contributed by atoms with Crippen molar-refractivity contribution in [3.05, 3.63) is 0 Å². The summed E-state index contributed by atoms with van der Waals surface area (Å²) in [6.45, 7) is 4.60. The minimum absolute atomic E-state index is 1.37. The van der Waals surface area contributed by atoms with Gasteiger partial charge in [0.1, 0.15) is 0 Å². The van der Waals surface area contributed by atoms with Crippen LogP contribution < -0.4 is 0 Å². The first-order valence-electron chi connectivity index (χ1n) is 10.4. The normalized spacial score (nSPS) is 11.1. The van der Waals surface area contributed by atoms with Crippen LogP contribution in [0.1, 0.15) is 136 Å². The minimum atomic E-state index is 1.37. The van der Waals surface area contributed by atoms with Gasteiger partial charge in [-0.25, -0.2) is 0 Å². The Morgan fingerprint density at radius 1 is 0.238 bits per heavy atom. The maximum Gasteiger partial charge on any atom is -0.0533 e. The van der Waals surface area contributed by atoms with Gasteiger partial charge < -0.3 is 0 Å². The molecule has 0 aromatic rings. The van der Waals surface area contributed by atoms with Gasteiger partial charge in [0.05, 0.1) is 0 Å². The SMILES string of the molecule is CCCCCCCCCCCCCCCCCCCCC. The van der Waals surface area contributed by atoms with E-state index in [1.165, 1.54) is 122 Å². The molecule has 0 aromatic heterocycles. The molecule has 0 aliphatic carbocycles. The van der Waals surface area contributed by atoms with Crippen molar-refractivity contribution in [2.24, 2.45) is 0 Å². The molecule has 0 unspecified atom stereocenters. The van der Waals surface area contributed by atoms with Crippen LogP contribution in [0.5, 0.6) is 0 Å². The van der Waals surface area contributed by atoms with Gasteiger partial charge in [0.2, 0.25) is 0 Å². The van der Waals surface area contributed by atoms with Crippen LogP contribution in [0, 0.1) is 0 Å². The molecule has 0 N–H and O–H groups in total. The third-order valence-electron chi connectivity index (χ3n) is 4.71. The molecule has 0 aromatic carbocycles. The zero-order valence-corrected chi connectivity index (χ0v) is 15.4. The van der Waals surface area contributed by atoms with Crippen molar-refractivity contribution >= 4 is 0 Å². The summed E-state index contributed by atoms with van der Waals surface area (Å²) in [5, 5.41) is 0. The summed E-state index contributed by atoms with van der Waals surface area (Å²) in [7, 11) is 0. The molecular weight excluding hydrogens is 252 g/mol. The molecule has 0 aliphatic rings. The smallest absolute Gasteiger partial charge is 0.0533 e. The van der Waals surface area contributed by atoms with E-state index in [-0.39, 0.29) is 0 Å². The lowest BCUT2D eigenvalue weighted by molar-refractivity contribution is 0.524. The van der Waals surface area contributed by atoms with Crippen LogP contribution in [0.15, 0.2) is 0 Å². The van der Waals surface area contributed by atoms with Gasteiger partial charge in [0, 0.05) is 0 Å². The summed E-state index contributed by atoms with van der Waals surface area (Å²) in [6.07, 6.45) is 27.9. The van der Waals surface area contributed by atoms with Crippen molar-refractivity contribution in [2.45, 2.75) is 136 Å². The van der Waals surface area contributed by atoms with Crippen LogP contribution in [0.4, 0.5) is 0 Å². The molecule has 0 amide bonds. The first-order chi connectivity index (χ1) is 10.4. The van der Waals surface area contributed by atoms with E-state index in [0.29, 0.717) is 0 Å². The molecule has 0 radical (unpaired) electrons. The second-order valence-corrected chi connectivity index (χ2v) is 7.01. The van der Waals surface area contributed by atoms with E-state index in [4.69, 9.17) is 0 Å². The second kappa shape index (κ2) is 20.0. The standard InChI is InChI=1S/C21H44/c1-3-5-7-9-11-13-15-17-19-21-20-18-16-14-12-10-8-6-4-2/h3-21H2,1-2H3. The van der Waals surface area contributed by atoms with Crippen molar-refractivity contribution in [2.75, 3.05) is 0 Å². The molecule has 0 spiro atoms. The predicted octanol–water partition coefficient (Wildman–Crippen LogP) is 8.44. The number of rotatable bonds is 18. The van der Waals surface area contributed by atoms with E-state index in [1.54, 1.807) is 0 Å². The van der Waals surface area contributed by atoms with Crippen molar-refractivity contribution in [1.29, 1.82) is 0 Å². The molecule has 128 valence electrons. The van der Waals surface area contributed by atoms with Gasteiger partial charge in [-0.2, -0.15) is 0 Å². The van der Waals surface area contributed by atoms with Crippen LogP contribution in [-0.2, 0) is 0 Å². The maximum atomic E-state index is 2.30. The molecular formula is C21H44. The van der Waals surface area contributed by atoms with Gasteiger partial charge >= 0.3 is 0 Å². The van der Waals surface area contributed by atoms with Gasteiger partial charge in [0.15, 0.2) is 0 Å². The summed E-state index contributed by atoms with van der Waals surface area (Å²) in [6, 6.07) is 0. The van der Waals surface area contributed by atoms with E-state index >= 15 is 0 Å². The van der Waals surface area contributed by atoms with Crippen LogP contribution in [0.25, 0.3) is 0 Å². The Kier molecular flexibility index (Phi) is 20.0. The molecule has 0 fully saturated rings. The largest absolute Gasteiger partial charge is 0.0654 e. The molecule has 0 saturated heterocycles. The fourth-order valence-corrected chi connectivity index (χ4v) is 3.15. The lowest BCUT2D eigenvalue weighted by atomic mass is 10.0. The Labute approximate surface area is 136 Å². The van der Waals surface area contributed by atoms with E-state index in [9.17, 15) is 0 Å². The van der Waals surface area contributed by atoms with Crippen molar-refractivity contribution in [1.82, 2.24) is 0 Å². The highest BCUT2D eigenvalue weighted by Crippen LogP contribution is 2.14. The molecule has 0 atom stereocenters. The predicted molar refractivity (Wildman–Crippen MR) is 99.1 cm³/mol. The number of unbranched alkanes of at least 4 members (excludes halogenated alkanes) is 18. The van der Waals surface area contributed by atoms with Crippen LogP contribution in [0.2, 0.25) is 0 Å². The van der Waals surface area contributed by atoms with Crippen molar-refractivity contribution < 1.29 is 0 Å². The Hall–Kier alpha value is 0. The Morgan fingerprint density at radius 2 is 0.381 bits per heavy atom. The molecule has 0 bridgehead atoms. The van der Waals surface area contributed by atoms with Crippen LogP contribution in [-0.4, -0.2) is 0 Å². The third-order valence-corrected chi connectivity index (χ3v) is 4.71. The van der Waals surface area contributed by atoms with E-state index in [0.717, 1.165) is 0 Å². The van der Waals surface area contributed by atoms with E-state index in [2.05, 4.69) is 13.8 Å². The topological polar surface area (TPSA) is 0 Å². The van der Waals surface area contributed by atoms with Gasteiger partial charge in [-0.1, -0.05) is 136 Å². The Balaban J connectivity index is 2.90. The van der Waals surface area contributed by atoms with E-state index < -0.39 is 0 Å². The average molecular weight is 297 g/mol. The summed E-state index contributed by atoms with van der Waals surface area (Å²) >= 11 is 0. The summed E-state index contributed by atoms with van der Waals surface area (Å²) in [5.41, 5.74) is 0. The maximum absolute atomic E-state index is 2.30. The minimum Gasteiger partial charge on any atom is -0.0654 e. The quantitative estimate of drug-likeness (QED) is 0.223. The molecule has 0 saturated carbocycles. The summed E-state index contributed by atoms with van der Waals surface area (Å²) in [5.74, 6) is 0. The Morgan fingerprint density at radius 3 is 0.524 bits per heavy atom. The van der Waals surface area contributed by atoms with Gasteiger partial charge in [-0.15, -0.1) is 0 Å². The highest BCUT2D eigenvalue weighted by atomic mass is 14.0. The first-order valence-corrected chi connectivity index (χ1v) is 10.4. The van der Waals surface area contributed by atoms with Gasteiger partial charge in [-0.05, 0) is 0 Å². The monoisotopic (exact) mass is 296 g/mol. The molecule has 0 heterocycles. The second-order valence-electron chi connectivity index (χ2n) is 7.01. The highest BCUT2D eigenvalue weighted by molar-refractivity contribution is 4.50. The van der Waals surface area contributed by atoms with Gasteiger partial charge in [-0.3, -0.25) is 0 Å². The fourth-order valence-electron chi connectivity index (χ4n) is 3.15. The lowest BCUT2D eigenvalue weighted by Crippen LogP contribution is -1.83. The van der Waals surface area contributed by atoms with Crippen molar-refractivity contribution in [3.63, 3.8) is 0 Å². The molecule has 21 heavy (non-hydrogen) atoms. The average Bonchev–Trinajstić information content (AvgIpc) is 2.50. The highest BCUT2D eigenvalue weighted by Gasteiger charge is 1.94. The lowest BCUT2D eigenvalue weighted by Gasteiger charge is -2.03. The zero-order valence-electron chi connectivity index (χ0n) is 15.4. The number of hydrogen-bond acceptors (Lipinski definition) is 0. The third kappa shape index (κ3) is 20.0. The van der Waals surface area contributed by atoms with Crippen LogP contribution >= 0.6 is 0 Å². The molecule has 0 nitrogen and oxygen atoms in total. The van der Waals surface area contributed by atoms with Crippen molar-refractivity contribution in [3.8, 4) is 0 Å². The molecule has 0 heteroatoms.